The molecule has 0 aliphatic heterocycles. The number of methoxy groups -OCH3 is 2. The summed E-state index contributed by atoms with van der Waals surface area (Å²) in [6.07, 6.45) is 2.73. The van der Waals surface area contributed by atoms with Gasteiger partial charge in [0, 0.05) is 6.07 Å². The first-order valence-electron chi connectivity index (χ1n) is 12.2. The minimum absolute atomic E-state index is 0.0577. The van der Waals surface area contributed by atoms with Crippen LogP contribution in [0.15, 0.2) is 42.5 Å². The molecule has 1 amide bonds. The van der Waals surface area contributed by atoms with E-state index in [0.29, 0.717) is 29.0 Å². The topological polar surface area (TPSA) is 100 Å². The summed E-state index contributed by atoms with van der Waals surface area (Å²) in [6.45, 7) is 5.90. The Kier molecular flexibility index (Phi) is 9.33. The van der Waals surface area contributed by atoms with Crippen LogP contribution in [0.4, 0.5) is 5.69 Å². The van der Waals surface area contributed by atoms with Gasteiger partial charge in [-0.3, -0.25) is 4.79 Å². The third-order valence-electron chi connectivity index (χ3n) is 6.60. The number of carbonyl (C=O) groups is 3. The highest BCUT2D eigenvalue weighted by Crippen LogP contribution is 2.36. The van der Waals surface area contributed by atoms with Crippen LogP contribution in [0, 0.1) is 17.8 Å². The van der Waals surface area contributed by atoms with Crippen molar-refractivity contribution in [2.24, 2.45) is 17.8 Å². The summed E-state index contributed by atoms with van der Waals surface area (Å²) in [4.78, 5) is 38.3. The fourth-order valence-electron chi connectivity index (χ4n) is 4.59. The zero-order valence-corrected chi connectivity index (χ0v) is 21.5. The van der Waals surface area contributed by atoms with Crippen LogP contribution in [-0.2, 0) is 14.3 Å². The maximum atomic E-state index is 13.1. The molecule has 3 rings (SSSR count). The van der Waals surface area contributed by atoms with Crippen LogP contribution in [0.3, 0.4) is 0 Å². The van der Waals surface area contributed by atoms with Gasteiger partial charge < -0.3 is 24.3 Å². The molecule has 2 aromatic carbocycles. The SMILES string of the molecule is COc1ccc(NC(=O)COC(=O)c2ccccc2C(=O)O[C@@H]2C[C@H](C)CC[C@@H]2C(C)C)c(OC)c1. The number of amides is 1. The summed E-state index contributed by atoms with van der Waals surface area (Å²) in [6, 6.07) is 11.3. The van der Waals surface area contributed by atoms with Crippen molar-refractivity contribution in [2.75, 3.05) is 26.1 Å². The van der Waals surface area contributed by atoms with Crippen molar-refractivity contribution in [3.63, 3.8) is 0 Å². The van der Waals surface area contributed by atoms with Gasteiger partial charge in [-0.1, -0.05) is 39.3 Å². The fourth-order valence-corrected chi connectivity index (χ4v) is 4.59. The van der Waals surface area contributed by atoms with E-state index >= 15 is 0 Å². The molecule has 1 aliphatic rings. The third-order valence-corrected chi connectivity index (χ3v) is 6.60. The fraction of sp³-hybridized carbons (Fsp3) is 0.464. The van der Waals surface area contributed by atoms with Crippen molar-refractivity contribution in [1.29, 1.82) is 0 Å². The number of esters is 2. The second-order valence-corrected chi connectivity index (χ2v) is 9.51. The second-order valence-electron chi connectivity index (χ2n) is 9.51. The summed E-state index contributed by atoms with van der Waals surface area (Å²) < 4.78 is 21.5. The van der Waals surface area contributed by atoms with Crippen LogP contribution >= 0.6 is 0 Å². The summed E-state index contributed by atoms with van der Waals surface area (Å²) in [5.74, 6) is 0.225. The largest absolute Gasteiger partial charge is 0.497 e. The second kappa shape index (κ2) is 12.4. The maximum absolute atomic E-state index is 13.1. The van der Waals surface area contributed by atoms with E-state index in [-0.39, 0.29) is 23.1 Å². The number of hydrogen-bond donors (Lipinski definition) is 1. The van der Waals surface area contributed by atoms with Gasteiger partial charge in [-0.25, -0.2) is 9.59 Å². The molecule has 0 saturated heterocycles. The number of anilines is 1. The molecule has 0 radical (unpaired) electrons. The Morgan fingerprint density at radius 1 is 0.972 bits per heavy atom. The molecule has 36 heavy (non-hydrogen) atoms. The molecule has 0 unspecified atom stereocenters. The van der Waals surface area contributed by atoms with Gasteiger partial charge in [0.1, 0.15) is 17.6 Å². The van der Waals surface area contributed by atoms with Crippen LogP contribution in [0.2, 0.25) is 0 Å². The molecule has 2 aromatic rings. The van der Waals surface area contributed by atoms with E-state index in [9.17, 15) is 14.4 Å². The number of nitrogens with one attached hydrogen (secondary N) is 1. The van der Waals surface area contributed by atoms with E-state index in [4.69, 9.17) is 18.9 Å². The first-order valence-corrected chi connectivity index (χ1v) is 12.2. The predicted molar refractivity (Wildman–Crippen MR) is 135 cm³/mol. The molecule has 1 saturated carbocycles. The molecule has 3 atom stereocenters. The van der Waals surface area contributed by atoms with Crippen LogP contribution in [0.25, 0.3) is 0 Å². The number of carbonyl (C=O) groups excluding carboxylic acids is 3. The van der Waals surface area contributed by atoms with Gasteiger partial charge in [-0.2, -0.15) is 0 Å². The Labute approximate surface area is 212 Å². The van der Waals surface area contributed by atoms with Gasteiger partial charge >= 0.3 is 11.9 Å². The molecule has 1 N–H and O–H groups in total. The molecule has 0 spiro atoms. The van der Waals surface area contributed by atoms with Crippen LogP contribution < -0.4 is 14.8 Å². The maximum Gasteiger partial charge on any atom is 0.339 e. The lowest BCUT2D eigenvalue weighted by Crippen LogP contribution is -2.36. The van der Waals surface area contributed by atoms with Crippen molar-refractivity contribution in [1.82, 2.24) is 0 Å². The van der Waals surface area contributed by atoms with E-state index in [2.05, 4.69) is 26.1 Å². The van der Waals surface area contributed by atoms with Gasteiger partial charge in [0.05, 0.1) is 31.0 Å². The molecular formula is C28H35NO7. The van der Waals surface area contributed by atoms with E-state index in [1.807, 2.05) is 0 Å². The highest BCUT2D eigenvalue weighted by molar-refractivity contribution is 6.04. The minimum atomic E-state index is -0.781. The molecule has 0 heterocycles. The lowest BCUT2D eigenvalue weighted by atomic mass is 9.75. The first kappa shape index (κ1) is 27.0. The summed E-state index contributed by atoms with van der Waals surface area (Å²) in [5.41, 5.74) is 0.590. The van der Waals surface area contributed by atoms with Gasteiger partial charge in [0.25, 0.3) is 5.91 Å². The lowest BCUT2D eigenvalue weighted by Gasteiger charge is -2.36. The standard InChI is InChI=1S/C28H35NO7/c1-17(2)20-12-10-18(3)14-24(20)36-28(32)22-9-7-6-8-21(22)27(31)35-16-26(30)29-23-13-11-19(33-4)15-25(23)34-5/h6-9,11,13,15,17-18,20,24H,10,12,14,16H2,1-5H3,(H,29,30)/t18-,20-,24-/m1/s1. The van der Waals surface area contributed by atoms with Crippen molar-refractivity contribution in [3.8, 4) is 11.5 Å². The van der Waals surface area contributed by atoms with Gasteiger partial charge in [-0.05, 0) is 54.9 Å². The zero-order chi connectivity index (χ0) is 26.2. The van der Waals surface area contributed by atoms with Crippen molar-refractivity contribution in [3.05, 3.63) is 53.6 Å². The lowest BCUT2D eigenvalue weighted by molar-refractivity contribution is -0.119. The molecule has 8 heteroatoms. The Bertz CT molecular complexity index is 1080. The average molecular weight is 498 g/mol. The normalized spacial score (nSPS) is 19.3. The molecule has 194 valence electrons. The summed E-state index contributed by atoms with van der Waals surface area (Å²) in [7, 11) is 3.00. The van der Waals surface area contributed by atoms with Crippen LogP contribution in [-0.4, -0.2) is 44.8 Å². The van der Waals surface area contributed by atoms with Crippen molar-refractivity contribution >= 4 is 23.5 Å². The van der Waals surface area contributed by atoms with Gasteiger partial charge in [0.2, 0.25) is 0 Å². The van der Waals surface area contributed by atoms with Gasteiger partial charge in [-0.15, -0.1) is 0 Å². The van der Waals surface area contributed by atoms with Crippen molar-refractivity contribution < 1.29 is 33.3 Å². The third kappa shape index (κ3) is 6.77. The van der Waals surface area contributed by atoms with E-state index in [0.717, 1.165) is 19.3 Å². The first-order chi connectivity index (χ1) is 17.2. The minimum Gasteiger partial charge on any atom is -0.497 e. The zero-order valence-electron chi connectivity index (χ0n) is 21.5. The Morgan fingerprint density at radius 2 is 1.67 bits per heavy atom. The number of rotatable bonds is 9. The molecule has 0 bridgehead atoms. The Hall–Kier alpha value is -3.55. The molecule has 0 aromatic heterocycles. The van der Waals surface area contributed by atoms with Crippen LogP contribution in [0.1, 0.15) is 60.7 Å². The molecule has 1 fully saturated rings. The highest BCUT2D eigenvalue weighted by atomic mass is 16.5. The Balaban J connectivity index is 1.65. The molecule has 8 nitrogen and oxygen atoms in total. The van der Waals surface area contributed by atoms with Gasteiger partial charge in [0.15, 0.2) is 6.61 Å². The quantitative estimate of drug-likeness (QED) is 0.480. The molecular weight excluding hydrogens is 462 g/mol. The van der Waals surface area contributed by atoms with E-state index in [1.54, 1.807) is 30.3 Å². The van der Waals surface area contributed by atoms with Crippen molar-refractivity contribution in [2.45, 2.75) is 46.1 Å². The van der Waals surface area contributed by atoms with Crippen LogP contribution in [0.5, 0.6) is 11.5 Å². The molecule has 1 aliphatic carbocycles. The number of benzene rings is 2. The summed E-state index contributed by atoms with van der Waals surface area (Å²) in [5, 5.41) is 2.64. The predicted octanol–water partition coefficient (Wildman–Crippen LogP) is 5.12. The number of hydrogen-bond acceptors (Lipinski definition) is 7. The highest BCUT2D eigenvalue weighted by Gasteiger charge is 2.34. The Morgan fingerprint density at radius 3 is 2.31 bits per heavy atom. The number of ether oxygens (including phenoxy) is 4. The van der Waals surface area contributed by atoms with E-state index in [1.165, 1.54) is 26.4 Å². The smallest absolute Gasteiger partial charge is 0.339 e. The average Bonchev–Trinajstić information content (AvgIpc) is 2.87. The summed E-state index contributed by atoms with van der Waals surface area (Å²) >= 11 is 0. The monoisotopic (exact) mass is 497 g/mol. The van der Waals surface area contributed by atoms with E-state index < -0.39 is 24.5 Å².